The highest BCUT2D eigenvalue weighted by atomic mass is 19.3. The maximum atomic E-state index is 14.6. The number of rotatable bonds is 4. The fourth-order valence-corrected chi connectivity index (χ4v) is 2.41. The fourth-order valence-electron chi connectivity index (χ4n) is 2.41. The lowest BCUT2D eigenvalue weighted by atomic mass is 9.85. The lowest BCUT2D eigenvalue weighted by Gasteiger charge is -2.33. The van der Waals surface area contributed by atoms with E-state index in [0.717, 1.165) is 19.1 Å². The van der Waals surface area contributed by atoms with Crippen molar-refractivity contribution in [3.63, 3.8) is 0 Å². The number of benzene rings is 1. The molecule has 1 aliphatic heterocycles. The third-order valence-corrected chi connectivity index (χ3v) is 4.09. The van der Waals surface area contributed by atoms with E-state index in [1.165, 1.54) is 20.1 Å². The molecule has 0 aliphatic carbocycles. The van der Waals surface area contributed by atoms with Gasteiger partial charge in [0, 0.05) is 18.4 Å². The molecule has 1 heterocycles. The second-order valence-corrected chi connectivity index (χ2v) is 5.93. The molecule has 9 heteroatoms. The Morgan fingerprint density at radius 3 is 2.80 bits per heavy atom. The minimum Gasteiger partial charge on any atom is -0.385 e. The molecule has 1 unspecified atom stereocenters. The number of hydrogen-bond acceptors (Lipinski definition) is 5. The summed E-state index contributed by atoms with van der Waals surface area (Å²) >= 11 is 0. The molecule has 1 aliphatic rings. The number of carbonyl (C=O) groups excluding carboxylic acids is 1. The summed E-state index contributed by atoms with van der Waals surface area (Å²) in [5.74, 6) is -5.05. The number of amides is 1. The van der Waals surface area contributed by atoms with Crippen molar-refractivity contribution in [1.29, 1.82) is 0 Å². The Bertz CT molecular complexity index is 696. The smallest absolute Gasteiger partial charge is 0.299 e. The first-order chi connectivity index (χ1) is 11.6. The van der Waals surface area contributed by atoms with E-state index in [0.29, 0.717) is 0 Å². The number of anilines is 1. The summed E-state index contributed by atoms with van der Waals surface area (Å²) in [6, 6.07) is 3.37. The van der Waals surface area contributed by atoms with Gasteiger partial charge in [-0.1, -0.05) is 0 Å². The van der Waals surface area contributed by atoms with Crippen molar-refractivity contribution in [2.24, 2.45) is 10.7 Å². The average Bonchev–Trinajstić information content (AvgIpc) is 2.64. The minimum absolute atomic E-state index is 0.140. The van der Waals surface area contributed by atoms with Crippen LogP contribution >= 0.6 is 0 Å². The molecule has 2 atom stereocenters. The van der Waals surface area contributed by atoms with Crippen LogP contribution < -0.4 is 11.1 Å². The van der Waals surface area contributed by atoms with Gasteiger partial charge in [0.1, 0.15) is 31.0 Å². The second kappa shape index (κ2) is 7.01. The third kappa shape index (κ3) is 3.77. The van der Waals surface area contributed by atoms with Gasteiger partial charge in [0.15, 0.2) is 5.54 Å². The Labute approximate surface area is 143 Å². The van der Waals surface area contributed by atoms with Gasteiger partial charge in [0.2, 0.25) is 0 Å². The Morgan fingerprint density at radius 1 is 1.48 bits per heavy atom. The zero-order chi connectivity index (χ0) is 18.8. The third-order valence-electron chi connectivity index (χ3n) is 4.09. The van der Waals surface area contributed by atoms with Crippen LogP contribution in [-0.4, -0.2) is 44.1 Å². The standard InChI is InChI=1S/C16H20F3N3O3/c1-9(24-3)14(23)21-10-4-5-12(17)11(6-10)15(2)16(18,19)8-25-7-13(20)22-15/h4-6,9H,7-8H2,1-3H3,(H2,20,22)(H,21,23)/t9?,15-/m1/s1. The van der Waals surface area contributed by atoms with E-state index in [1.807, 2.05) is 0 Å². The van der Waals surface area contributed by atoms with Crippen molar-refractivity contribution >= 4 is 17.4 Å². The molecule has 0 saturated heterocycles. The summed E-state index contributed by atoms with van der Waals surface area (Å²) in [4.78, 5) is 15.7. The van der Waals surface area contributed by atoms with Crippen molar-refractivity contribution in [1.82, 2.24) is 0 Å². The maximum Gasteiger partial charge on any atom is 0.299 e. The van der Waals surface area contributed by atoms with Gasteiger partial charge in [-0.05, 0) is 32.0 Å². The molecule has 0 spiro atoms. The van der Waals surface area contributed by atoms with Crippen molar-refractivity contribution in [3.8, 4) is 0 Å². The summed E-state index contributed by atoms with van der Waals surface area (Å²) in [7, 11) is 1.35. The molecule has 0 saturated carbocycles. The van der Waals surface area contributed by atoms with Gasteiger partial charge in [-0.3, -0.25) is 9.79 Å². The monoisotopic (exact) mass is 359 g/mol. The Kier molecular flexibility index (Phi) is 5.38. The zero-order valence-electron chi connectivity index (χ0n) is 14.1. The normalized spacial score (nSPS) is 24.2. The van der Waals surface area contributed by atoms with Crippen molar-refractivity contribution in [3.05, 3.63) is 29.6 Å². The molecule has 0 radical (unpaired) electrons. The number of nitrogens with zero attached hydrogens (tertiary/aromatic N) is 1. The molecule has 6 nitrogen and oxygen atoms in total. The van der Waals surface area contributed by atoms with Crippen LogP contribution in [0.25, 0.3) is 0 Å². The first-order valence-corrected chi connectivity index (χ1v) is 7.54. The predicted molar refractivity (Wildman–Crippen MR) is 86.2 cm³/mol. The number of nitrogens with one attached hydrogen (secondary N) is 1. The quantitative estimate of drug-likeness (QED) is 0.861. The van der Waals surface area contributed by atoms with Crippen LogP contribution in [0.1, 0.15) is 19.4 Å². The van der Waals surface area contributed by atoms with Crippen LogP contribution in [-0.2, 0) is 19.8 Å². The predicted octanol–water partition coefficient (Wildman–Crippen LogP) is 2.04. The summed E-state index contributed by atoms with van der Waals surface area (Å²) < 4.78 is 53.2. The number of carbonyl (C=O) groups is 1. The Balaban J connectivity index is 2.48. The number of ether oxygens (including phenoxy) is 2. The number of amidine groups is 1. The van der Waals surface area contributed by atoms with Crippen LogP contribution in [0, 0.1) is 5.82 Å². The summed E-state index contributed by atoms with van der Waals surface area (Å²) in [6.45, 7) is 1.37. The molecule has 2 rings (SSSR count). The zero-order valence-corrected chi connectivity index (χ0v) is 14.1. The summed E-state index contributed by atoms with van der Waals surface area (Å²) in [6.07, 6.45) is -0.759. The molecule has 1 aromatic rings. The highest BCUT2D eigenvalue weighted by molar-refractivity contribution is 5.94. The Morgan fingerprint density at radius 2 is 2.16 bits per heavy atom. The van der Waals surface area contributed by atoms with E-state index < -0.39 is 41.5 Å². The number of halogens is 3. The van der Waals surface area contributed by atoms with E-state index in [-0.39, 0.29) is 18.1 Å². The van der Waals surface area contributed by atoms with Gasteiger partial charge in [-0.2, -0.15) is 0 Å². The Hall–Kier alpha value is -2.13. The number of nitrogens with two attached hydrogens (primary N) is 1. The largest absolute Gasteiger partial charge is 0.385 e. The van der Waals surface area contributed by atoms with Gasteiger partial charge in [0.05, 0.1) is 0 Å². The molecule has 25 heavy (non-hydrogen) atoms. The van der Waals surface area contributed by atoms with Gasteiger partial charge in [-0.25, -0.2) is 13.2 Å². The van der Waals surface area contributed by atoms with Gasteiger partial charge < -0.3 is 20.5 Å². The van der Waals surface area contributed by atoms with E-state index >= 15 is 0 Å². The molecule has 0 fully saturated rings. The lowest BCUT2D eigenvalue weighted by molar-refractivity contribution is -0.124. The number of aliphatic imine (C=N–C) groups is 1. The van der Waals surface area contributed by atoms with E-state index in [9.17, 15) is 18.0 Å². The molecule has 3 N–H and O–H groups in total. The molecule has 1 amide bonds. The average molecular weight is 359 g/mol. The van der Waals surface area contributed by atoms with Crippen molar-refractivity contribution in [2.75, 3.05) is 25.6 Å². The number of methoxy groups -OCH3 is 1. The molecular formula is C16H20F3N3O3. The maximum absolute atomic E-state index is 14.6. The first kappa shape index (κ1) is 19.2. The minimum atomic E-state index is -3.50. The molecule has 0 bridgehead atoms. The number of alkyl halides is 2. The van der Waals surface area contributed by atoms with Crippen LogP contribution in [0.15, 0.2) is 23.2 Å². The van der Waals surface area contributed by atoms with Gasteiger partial charge in [-0.15, -0.1) is 0 Å². The van der Waals surface area contributed by atoms with Crippen LogP contribution in [0.4, 0.5) is 18.9 Å². The summed E-state index contributed by atoms with van der Waals surface area (Å²) in [5.41, 5.74) is 3.05. The molecular weight excluding hydrogens is 339 g/mol. The van der Waals surface area contributed by atoms with E-state index in [4.69, 9.17) is 15.2 Å². The highest BCUT2D eigenvalue weighted by Crippen LogP contribution is 2.44. The van der Waals surface area contributed by atoms with E-state index in [2.05, 4.69) is 10.3 Å². The summed E-state index contributed by atoms with van der Waals surface area (Å²) in [5, 5.41) is 2.48. The van der Waals surface area contributed by atoms with Crippen molar-refractivity contribution in [2.45, 2.75) is 31.4 Å². The molecule has 0 aromatic heterocycles. The lowest BCUT2D eigenvalue weighted by Crippen LogP contribution is -2.45. The van der Waals surface area contributed by atoms with Crippen LogP contribution in [0.5, 0.6) is 0 Å². The van der Waals surface area contributed by atoms with Gasteiger partial charge >= 0.3 is 0 Å². The van der Waals surface area contributed by atoms with Crippen LogP contribution in [0.3, 0.4) is 0 Å². The second-order valence-electron chi connectivity index (χ2n) is 5.93. The highest BCUT2D eigenvalue weighted by Gasteiger charge is 2.54. The molecule has 1 aromatic carbocycles. The molecule has 138 valence electrons. The van der Waals surface area contributed by atoms with E-state index in [1.54, 1.807) is 0 Å². The first-order valence-electron chi connectivity index (χ1n) is 7.54. The van der Waals surface area contributed by atoms with Gasteiger partial charge in [0.25, 0.3) is 11.8 Å². The fraction of sp³-hybridized carbons (Fsp3) is 0.500. The van der Waals surface area contributed by atoms with Crippen LogP contribution in [0.2, 0.25) is 0 Å². The topological polar surface area (TPSA) is 85.9 Å². The SMILES string of the molecule is COC(C)C(=O)Nc1ccc(F)c([C@@]2(C)N=C(N)COCC2(F)F)c1. The number of hydrogen-bond donors (Lipinski definition) is 2. The van der Waals surface area contributed by atoms with Crippen molar-refractivity contribution < 1.29 is 27.4 Å².